The van der Waals surface area contributed by atoms with Crippen LogP contribution in [-0.2, 0) is 4.74 Å². The van der Waals surface area contributed by atoms with E-state index in [4.69, 9.17) is 4.74 Å². The van der Waals surface area contributed by atoms with Crippen molar-refractivity contribution >= 4 is 22.6 Å². The fourth-order valence-electron chi connectivity index (χ4n) is 2.48. The molecule has 6 nitrogen and oxygen atoms in total. The van der Waals surface area contributed by atoms with Gasteiger partial charge in [-0.2, -0.15) is 0 Å². The molecule has 1 saturated heterocycles. The average Bonchev–Trinajstić information content (AvgIpc) is 3.12. The van der Waals surface area contributed by atoms with Crippen molar-refractivity contribution in [2.45, 2.75) is 19.8 Å². The van der Waals surface area contributed by atoms with Crippen LogP contribution in [0.2, 0.25) is 0 Å². The van der Waals surface area contributed by atoms with Crippen molar-refractivity contribution < 1.29 is 9.53 Å². The second-order valence-corrected chi connectivity index (χ2v) is 4.96. The fraction of sp³-hybridized carbons (Fsp3) is 0.400. The number of carbonyl (C=O) groups is 1. The number of rotatable bonds is 4. The molecule has 21 heavy (non-hydrogen) atoms. The molecule has 2 heterocycles. The maximum atomic E-state index is 12.1. The molecule has 0 unspecified atom stereocenters. The summed E-state index contributed by atoms with van der Waals surface area (Å²) in [6.07, 6.45) is 2.27. The maximum absolute atomic E-state index is 12.1. The molecule has 0 radical (unpaired) electrons. The highest BCUT2D eigenvalue weighted by Crippen LogP contribution is 2.31. The molecule has 1 fully saturated rings. The lowest BCUT2D eigenvalue weighted by atomic mass is 10.2. The molecule has 1 aliphatic rings. The number of hydrogen-bond donors (Lipinski definition) is 1. The van der Waals surface area contributed by atoms with Gasteiger partial charge in [0, 0.05) is 24.0 Å². The summed E-state index contributed by atoms with van der Waals surface area (Å²) in [6.45, 7) is 3.95. The molecule has 1 aromatic heterocycles. The van der Waals surface area contributed by atoms with Gasteiger partial charge in [0.2, 0.25) is 0 Å². The van der Waals surface area contributed by atoms with E-state index in [9.17, 15) is 4.79 Å². The normalized spacial score (nSPS) is 15.2. The highest BCUT2D eigenvalue weighted by molar-refractivity contribution is 6.04. The first-order chi connectivity index (χ1) is 10.3. The zero-order valence-corrected chi connectivity index (χ0v) is 12.0. The van der Waals surface area contributed by atoms with Crippen LogP contribution in [0.4, 0.5) is 5.69 Å². The number of para-hydroxylation sites is 1. The summed E-state index contributed by atoms with van der Waals surface area (Å²) in [7, 11) is 0. The van der Waals surface area contributed by atoms with Gasteiger partial charge >= 0.3 is 5.97 Å². The summed E-state index contributed by atoms with van der Waals surface area (Å²) in [4.78, 5) is 15.1. The second kappa shape index (κ2) is 5.95. The number of H-pyrrole nitrogens is 1. The second-order valence-electron chi connectivity index (χ2n) is 4.96. The van der Waals surface area contributed by atoms with Crippen LogP contribution in [0.3, 0.4) is 0 Å². The van der Waals surface area contributed by atoms with E-state index in [1.54, 1.807) is 6.92 Å². The molecule has 0 atom stereocenters. The fourth-order valence-corrected chi connectivity index (χ4v) is 2.48. The minimum absolute atomic E-state index is 0.330. The predicted molar refractivity (Wildman–Crippen MR) is 79.6 cm³/mol. The highest BCUT2D eigenvalue weighted by Gasteiger charge is 2.19. The number of ether oxygens (including phenoxy) is 1. The summed E-state index contributed by atoms with van der Waals surface area (Å²) in [5.41, 5.74) is 1.77. The van der Waals surface area contributed by atoms with Crippen LogP contribution in [0.15, 0.2) is 34.6 Å². The van der Waals surface area contributed by atoms with Crippen molar-refractivity contribution in [3.63, 3.8) is 0 Å². The number of esters is 1. The average molecular weight is 286 g/mol. The summed E-state index contributed by atoms with van der Waals surface area (Å²) >= 11 is 0. The zero-order valence-electron chi connectivity index (χ0n) is 12.0. The maximum Gasteiger partial charge on any atom is 0.357 e. The third kappa shape index (κ3) is 2.74. The quantitative estimate of drug-likeness (QED) is 0.691. The minimum Gasteiger partial charge on any atom is -0.461 e. The predicted octanol–water partition coefficient (Wildman–Crippen LogP) is 3.44. The lowest BCUT2D eigenvalue weighted by Crippen LogP contribution is -2.10. The van der Waals surface area contributed by atoms with E-state index in [2.05, 4.69) is 15.3 Å². The van der Waals surface area contributed by atoms with Gasteiger partial charge in [-0.3, -0.25) is 5.01 Å². The zero-order chi connectivity index (χ0) is 14.7. The Balaban J connectivity index is 2.00. The Bertz CT molecular complexity index is 671. The Morgan fingerprint density at radius 3 is 2.86 bits per heavy atom. The number of nitrogens with zero attached hydrogens (tertiary/aromatic N) is 3. The van der Waals surface area contributed by atoms with Crippen molar-refractivity contribution in [1.82, 2.24) is 9.99 Å². The molecule has 1 N–H and O–H groups in total. The molecule has 1 aromatic carbocycles. The first-order valence-electron chi connectivity index (χ1n) is 7.24. The van der Waals surface area contributed by atoms with Crippen molar-refractivity contribution in [2.75, 3.05) is 19.7 Å². The molecule has 3 rings (SSSR count). The van der Waals surface area contributed by atoms with Gasteiger partial charge in [-0.05, 0) is 25.8 Å². The third-order valence-electron chi connectivity index (χ3n) is 3.51. The minimum atomic E-state index is -0.399. The topological polar surface area (TPSA) is 70.0 Å². The van der Waals surface area contributed by atoms with Gasteiger partial charge in [0.05, 0.1) is 6.61 Å². The highest BCUT2D eigenvalue weighted by atomic mass is 16.5. The van der Waals surface area contributed by atoms with Crippen molar-refractivity contribution in [3.8, 4) is 0 Å². The number of benzene rings is 1. The Labute approximate surface area is 122 Å². The van der Waals surface area contributed by atoms with Crippen LogP contribution in [0.1, 0.15) is 30.3 Å². The van der Waals surface area contributed by atoms with Gasteiger partial charge in [0.15, 0.2) is 5.69 Å². The summed E-state index contributed by atoms with van der Waals surface area (Å²) in [6, 6.07) is 7.66. The Morgan fingerprint density at radius 2 is 2.10 bits per heavy atom. The molecular formula is C15H18N4O2. The van der Waals surface area contributed by atoms with Crippen molar-refractivity contribution in [1.29, 1.82) is 0 Å². The first-order valence-corrected chi connectivity index (χ1v) is 7.24. The van der Waals surface area contributed by atoms with Crippen LogP contribution in [0.5, 0.6) is 0 Å². The molecule has 0 spiro atoms. The molecule has 0 bridgehead atoms. The van der Waals surface area contributed by atoms with Crippen LogP contribution >= 0.6 is 0 Å². The van der Waals surface area contributed by atoms with Crippen LogP contribution < -0.4 is 0 Å². The molecule has 1 aliphatic heterocycles. The molecular weight excluding hydrogens is 268 g/mol. The van der Waals surface area contributed by atoms with Gasteiger partial charge in [-0.1, -0.05) is 23.4 Å². The molecule has 6 heteroatoms. The summed E-state index contributed by atoms with van der Waals surface area (Å²) in [5.74, 6) is -0.399. The SMILES string of the molecule is CCOC(=O)c1[nH]c2ccccc2c1N=NN1CCCC1. The molecule has 0 aliphatic carbocycles. The first kappa shape index (κ1) is 13.6. The van der Waals surface area contributed by atoms with Gasteiger partial charge in [0.1, 0.15) is 5.69 Å². The van der Waals surface area contributed by atoms with Gasteiger partial charge in [0.25, 0.3) is 0 Å². The lowest BCUT2D eigenvalue weighted by Gasteiger charge is -2.07. The Kier molecular flexibility index (Phi) is 3.85. The van der Waals surface area contributed by atoms with Gasteiger partial charge in [-0.15, -0.1) is 5.11 Å². The van der Waals surface area contributed by atoms with E-state index in [-0.39, 0.29) is 0 Å². The van der Waals surface area contributed by atoms with E-state index < -0.39 is 5.97 Å². The van der Waals surface area contributed by atoms with Crippen LogP contribution in [0.25, 0.3) is 10.9 Å². The largest absolute Gasteiger partial charge is 0.461 e. The van der Waals surface area contributed by atoms with Crippen LogP contribution in [-0.4, -0.2) is 35.7 Å². The summed E-state index contributed by atoms with van der Waals surface area (Å²) in [5, 5.41) is 11.4. The van der Waals surface area contributed by atoms with E-state index in [1.807, 2.05) is 29.3 Å². The van der Waals surface area contributed by atoms with Gasteiger partial charge in [-0.25, -0.2) is 4.79 Å². The standard InChI is InChI=1S/C15H18N4O2/c1-2-21-15(20)14-13(17-18-19-9-5-6-10-19)11-7-3-4-8-12(11)16-14/h3-4,7-8,16H,2,5-6,9-10H2,1H3. The van der Waals surface area contributed by atoms with E-state index in [0.29, 0.717) is 18.0 Å². The molecule has 2 aromatic rings. The van der Waals surface area contributed by atoms with Crippen molar-refractivity contribution in [3.05, 3.63) is 30.0 Å². The molecule has 110 valence electrons. The van der Waals surface area contributed by atoms with E-state index >= 15 is 0 Å². The number of aromatic nitrogens is 1. The number of carbonyl (C=O) groups excluding carboxylic acids is 1. The number of aromatic amines is 1. The Morgan fingerprint density at radius 1 is 1.33 bits per heavy atom. The van der Waals surface area contributed by atoms with Crippen molar-refractivity contribution in [2.24, 2.45) is 10.3 Å². The van der Waals surface area contributed by atoms with E-state index in [1.165, 1.54) is 0 Å². The monoisotopic (exact) mass is 286 g/mol. The van der Waals surface area contributed by atoms with Crippen LogP contribution in [0, 0.1) is 0 Å². The lowest BCUT2D eigenvalue weighted by molar-refractivity contribution is 0.0521. The molecule has 0 amide bonds. The number of nitrogens with one attached hydrogen (secondary N) is 1. The van der Waals surface area contributed by atoms with E-state index in [0.717, 1.165) is 36.8 Å². The van der Waals surface area contributed by atoms with Gasteiger partial charge < -0.3 is 9.72 Å². The Hall–Kier alpha value is -2.37. The smallest absolute Gasteiger partial charge is 0.357 e. The number of fused-ring (bicyclic) bond motifs is 1. The number of hydrogen-bond acceptors (Lipinski definition) is 4. The third-order valence-corrected chi connectivity index (χ3v) is 3.51. The summed E-state index contributed by atoms with van der Waals surface area (Å²) < 4.78 is 5.08. The molecule has 0 saturated carbocycles.